The Bertz CT molecular complexity index is 810. The zero-order chi connectivity index (χ0) is 17.2. The maximum atomic E-state index is 12.5. The second-order valence-corrected chi connectivity index (χ2v) is 6.90. The van der Waals surface area contributed by atoms with Gasteiger partial charge in [-0.1, -0.05) is 12.5 Å². The lowest BCUT2D eigenvalue weighted by atomic mass is 9.99. The van der Waals surface area contributed by atoms with E-state index in [9.17, 15) is 9.59 Å². The average molecular weight is 341 g/mol. The molecule has 2 aliphatic heterocycles. The Labute approximate surface area is 146 Å². The minimum absolute atomic E-state index is 0.0896. The molecule has 0 radical (unpaired) electrons. The van der Waals surface area contributed by atoms with Gasteiger partial charge in [-0.05, 0) is 44.0 Å². The van der Waals surface area contributed by atoms with Gasteiger partial charge in [0.2, 0.25) is 0 Å². The lowest BCUT2D eigenvalue weighted by Gasteiger charge is -2.32. The maximum Gasteiger partial charge on any atom is 0.287 e. The molecule has 25 heavy (non-hydrogen) atoms. The van der Waals surface area contributed by atoms with Crippen molar-refractivity contribution < 1.29 is 9.21 Å². The number of hydrogen-bond donors (Lipinski definition) is 1. The van der Waals surface area contributed by atoms with Gasteiger partial charge in [-0.25, -0.2) is 0 Å². The third kappa shape index (κ3) is 3.39. The first kappa shape index (κ1) is 16.1. The van der Waals surface area contributed by atoms with Crippen molar-refractivity contribution >= 4 is 5.91 Å². The first-order valence-electron chi connectivity index (χ1n) is 9.00. The number of amides is 1. The van der Waals surface area contributed by atoms with E-state index >= 15 is 0 Å². The summed E-state index contributed by atoms with van der Waals surface area (Å²) in [7, 11) is 0. The van der Waals surface area contributed by atoms with Crippen molar-refractivity contribution in [3.8, 4) is 0 Å². The Morgan fingerprint density at radius 1 is 1.16 bits per heavy atom. The fourth-order valence-corrected chi connectivity index (χ4v) is 4.00. The molecule has 2 aromatic heterocycles. The molecule has 4 rings (SSSR count). The first-order chi connectivity index (χ1) is 12.2. The number of furan rings is 1. The van der Waals surface area contributed by atoms with Crippen molar-refractivity contribution in [2.45, 2.75) is 44.3 Å². The molecule has 0 spiro atoms. The van der Waals surface area contributed by atoms with Gasteiger partial charge in [0.05, 0.1) is 6.54 Å². The van der Waals surface area contributed by atoms with Crippen LogP contribution in [0.25, 0.3) is 0 Å². The van der Waals surface area contributed by atoms with Crippen LogP contribution in [-0.4, -0.2) is 40.5 Å². The quantitative estimate of drug-likeness (QED) is 0.921. The van der Waals surface area contributed by atoms with Crippen molar-refractivity contribution in [2.75, 3.05) is 13.1 Å². The van der Waals surface area contributed by atoms with Crippen LogP contribution >= 0.6 is 0 Å². The van der Waals surface area contributed by atoms with Crippen LogP contribution in [0, 0.1) is 0 Å². The fraction of sp³-hybridized carbons (Fsp3) is 0.474. The van der Waals surface area contributed by atoms with Gasteiger partial charge in [0, 0.05) is 30.9 Å². The molecule has 1 amide bonds. The highest BCUT2D eigenvalue weighted by Gasteiger charge is 2.36. The molecular formula is C19H23N3O3. The van der Waals surface area contributed by atoms with E-state index in [0.29, 0.717) is 24.1 Å². The normalized spacial score (nSPS) is 23.4. The molecule has 2 atom stereocenters. The molecule has 2 fully saturated rings. The molecular weight excluding hydrogens is 318 g/mol. The van der Waals surface area contributed by atoms with Crippen LogP contribution in [-0.2, 0) is 6.54 Å². The summed E-state index contributed by atoms with van der Waals surface area (Å²) in [6, 6.07) is 9.13. The summed E-state index contributed by atoms with van der Waals surface area (Å²) in [5.74, 6) is 0.751. The predicted octanol–water partition coefficient (Wildman–Crippen LogP) is 1.85. The number of hydrogen-bond acceptors (Lipinski definition) is 4. The van der Waals surface area contributed by atoms with Crippen LogP contribution in [0.1, 0.15) is 42.0 Å². The van der Waals surface area contributed by atoms with Gasteiger partial charge < -0.3 is 14.3 Å². The van der Waals surface area contributed by atoms with Gasteiger partial charge in [0.15, 0.2) is 5.76 Å². The molecule has 2 aromatic rings. The number of carbonyl (C=O) groups excluding carboxylic acids is 1. The Balaban J connectivity index is 1.41. The standard InChI is InChI=1S/C19H23N3O3/c23-18-6-2-4-11-22(18)13-14-7-8-17(25-14)19(24)20-15-9-12-21-10-3-1-5-16(15)21/h2,4,6-8,11,15-16H,1,3,5,9-10,12-13H2,(H,20,24)/t15-,16-/m1/s1. The molecule has 4 heterocycles. The summed E-state index contributed by atoms with van der Waals surface area (Å²) in [5.41, 5.74) is -0.0896. The highest BCUT2D eigenvalue weighted by molar-refractivity contribution is 5.91. The van der Waals surface area contributed by atoms with E-state index in [1.54, 1.807) is 35.0 Å². The smallest absolute Gasteiger partial charge is 0.287 e. The maximum absolute atomic E-state index is 12.5. The van der Waals surface area contributed by atoms with Crippen LogP contribution in [0.2, 0.25) is 0 Å². The van der Waals surface area contributed by atoms with Crippen LogP contribution in [0.4, 0.5) is 0 Å². The SMILES string of the molecule is O=C(N[C@@H]1CCN2CCCC[C@H]12)c1ccc(Cn2ccccc2=O)o1. The van der Waals surface area contributed by atoms with Crippen LogP contribution < -0.4 is 10.9 Å². The number of piperidine rings is 1. The van der Waals surface area contributed by atoms with E-state index in [-0.39, 0.29) is 17.5 Å². The first-order valence-corrected chi connectivity index (χ1v) is 9.00. The van der Waals surface area contributed by atoms with Gasteiger partial charge in [0.25, 0.3) is 11.5 Å². The predicted molar refractivity (Wildman–Crippen MR) is 93.6 cm³/mol. The minimum Gasteiger partial charge on any atom is -0.454 e. The Hall–Kier alpha value is -2.34. The number of aromatic nitrogens is 1. The lowest BCUT2D eigenvalue weighted by Crippen LogP contribution is -2.46. The Kier molecular flexibility index (Phi) is 4.44. The fourth-order valence-electron chi connectivity index (χ4n) is 4.00. The van der Waals surface area contributed by atoms with Crippen molar-refractivity contribution in [2.24, 2.45) is 0 Å². The molecule has 0 saturated carbocycles. The van der Waals surface area contributed by atoms with E-state index < -0.39 is 0 Å². The summed E-state index contributed by atoms with van der Waals surface area (Å²) in [6.07, 6.45) is 6.37. The Morgan fingerprint density at radius 3 is 2.96 bits per heavy atom. The highest BCUT2D eigenvalue weighted by atomic mass is 16.4. The van der Waals surface area contributed by atoms with Gasteiger partial charge in [-0.3, -0.25) is 14.5 Å². The minimum atomic E-state index is -0.163. The van der Waals surface area contributed by atoms with Crippen LogP contribution in [0.15, 0.2) is 45.7 Å². The molecule has 0 bridgehead atoms. The van der Waals surface area contributed by atoms with E-state index in [0.717, 1.165) is 25.9 Å². The third-order valence-electron chi connectivity index (χ3n) is 5.28. The highest BCUT2D eigenvalue weighted by Crippen LogP contribution is 2.27. The van der Waals surface area contributed by atoms with Gasteiger partial charge in [0.1, 0.15) is 5.76 Å². The van der Waals surface area contributed by atoms with Gasteiger partial charge in [-0.2, -0.15) is 0 Å². The number of fused-ring (bicyclic) bond motifs is 1. The summed E-state index contributed by atoms with van der Waals surface area (Å²) >= 11 is 0. The van der Waals surface area contributed by atoms with Crippen molar-refractivity contribution in [3.63, 3.8) is 0 Å². The van der Waals surface area contributed by atoms with Gasteiger partial charge >= 0.3 is 0 Å². The molecule has 132 valence electrons. The van der Waals surface area contributed by atoms with Crippen LogP contribution in [0.3, 0.4) is 0 Å². The second-order valence-electron chi connectivity index (χ2n) is 6.90. The van der Waals surface area contributed by atoms with Crippen molar-refractivity contribution in [1.29, 1.82) is 0 Å². The van der Waals surface area contributed by atoms with E-state index in [2.05, 4.69) is 10.2 Å². The molecule has 2 saturated heterocycles. The summed E-state index contributed by atoms with van der Waals surface area (Å²) in [6.45, 7) is 2.54. The third-order valence-corrected chi connectivity index (χ3v) is 5.28. The molecule has 6 nitrogen and oxygen atoms in total. The van der Waals surface area contributed by atoms with E-state index in [1.807, 2.05) is 0 Å². The summed E-state index contributed by atoms with van der Waals surface area (Å²) in [5, 5.41) is 3.14. The topological polar surface area (TPSA) is 67.5 Å². The molecule has 6 heteroatoms. The zero-order valence-electron chi connectivity index (χ0n) is 14.2. The largest absolute Gasteiger partial charge is 0.454 e. The van der Waals surface area contributed by atoms with Gasteiger partial charge in [-0.15, -0.1) is 0 Å². The van der Waals surface area contributed by atoms with Crippen molar-refractivity contribution in [1.82, 2.24) is 14.8 Å². The van der Waals surface area contributed by atoms with Crippen molar-refractivity contribution in [3.05, 3.63) is 58.4 Å². The molecule has 2 aliphatic rings. The van der Waals surface area contributed by atoms with E-state index in [4.69, 9.17) is 4.42 Å². The summed E-state index contributed by atoms with van der Waals surface area (Å²) < 4.78 is 7.22. The lowest BCUT2D eigenvalue weighted by molar-refractivity contribution is 0.0885. The number of nitrogens with one attached hydrogen (secondary N) is 1. The van der Waals surface area contributed by atoms with E-state index in [1.165, 1.54) is 18.9 Å². The summed E-state index contributed by atoms with van der Waals surface area (Å²) in [4.78, 5) is 26.8. The zero-order valence-corrected chi connectivity index (χ0v) is 14.2. The molecule has 0 unspecified atom stereocenters. The van der Waals surface area contributed by atoms with Crippen LogP contribution in [0.5, 0.6) is 0 Å². The Morgan fingerprint density at radius 2 is 2.08 bits per heavy atom. The number of pyridine rings is 1. The number of nitrogens with zero attached hydrogens (tertiary/aromatic N) is 2. The average Bonchev–Trinajstić information content (AvgIpc) is 3.25. The monoisotopic (exact) mass is 341 g/mol. The number of rotatable bonds is 4. The second kappa shape index (κ2) is 6.88. The number of carbonyl (C=O) groups is 1. The molecule has 0 aliphatic carbocycles. The molecule has 0 aromatic carbocycles. The molecule has 1 N–H and O–H groups in total.